The van der Waals surface area contributed by atoms with Gasteiger partial charge < -0.3 is 9.73 Å². The summed E-state index contributed by atoms with van der Waals surface area (Å²) in [4.78, 5) is 5.21. The van der Waals surface area contributed by atoms with E-state index in [1.807, 2.05) is 24.3 Å². The third-order valence-corrected chi connectivity index (χ3v) is 6.73. The first kappa shape index (κ1) is 19.8. The van der Waals surface area contributed by atoms with Crippen LogP contribution in [0.3, 0.4) is 0 Å². The van der Waals surface area contributed by atoms with Crippen LogP contribution in [0.25, 0.3) is 33.1 Å². The number of nitrogens with zero attached hydrogens (tertiary/aromatic N) is 1. The largest absolute Gasteiger partial charge is 0.455 e. The number of fused-ring (bicyclic) bond motifs is 4. The zero-order valence-corrected chi connectivity index (χ0v) is 19.0. The monoisotopic (exact) mass is 450 g/mol. The van der Waals surface area contributed by atoms with Crippen LogP contribution in [0.5, 0.6) is 0 Å². The Bertz CT molecular complexity index is 1720. The molecule has 0 spiro atoms. The van der Waals surface area contributed by atoms with Crippen molar-refractivity contribution in [1.82, 2.24) is 0 Å². The van der Waals surface area contributed by atoms with E-state index < -0.39 is 0 Å². The van der Waals surface area contributed by atoms with E-state index in [1.54, 1.807) is 0 Å². The maximum absolute atomic E-state index is 6.30. The molecule has 6 aromatic rings. The summed E-state index contributed by atoms with van der Waals surface area (Å²) in [5.74, 6) is 0. The standard InChI is InChI=1S/C32H22N2O/c1-3-10-21(11-4-1)30-31(22-12-5-2-6-13-22)34-28-20-23(18-19-27(28)33-30)24-15-9-16-26-25-14-7-8-17-29(25)35-32(24)26/h1-20,30,33H. The summed E-state index contributed by atoms with van der Waals surface area (Å²) < 4.78 is 6.30. The SMILES string of the molecule is c1ccc(C2=Nc3cc(-c4cccc5c4oc4ccccc45)ccc3NC2c2ccccc2)cc1. The predicted molar refractivity (Wildman–Crippen MR) is 145 cm³/mol. The minimum absolute atomic E-state index is 0.0178. The number of para-hydroxylation sites is 2. The maximum Gasteiger partial charge on any atom is 0.143 e. The van der Waals surface area contributed by atoms with Gasteiger partial charge in [0.05, 0.1) is 23.1 Å². The first-order valence-corrected chi connectivity index (χ1v) is 11.9. The topological polar surface area (TPSA) is 37.5 Å². The third kappa shape index (κ3) is 3.32. The Hall–Kier alpha value is -4.63. The van der Waals surface area contributed by atoms with Crippen molar-refractivity contribution < 1.29 is 4.42 Å². The number of anilines is 1. The molecule has 2 heterocycles. The van der Waals surface area contributed by atoms with Gasteiger partial charge in [-0.25, -0.2) is 4.99 Å². The van der Waals surface area contributed by atoms with E-state index in [0.29, 0.717) is 0 Å². The lowest BCUT2D eigenvalue weighted by Gasteiger charge is -2.28. The molecule has 35 heavy (non-hydrogen) atoms. The molecule has 0 aliphatic carbocycles. The molecule has 3 nitrogen and oxygen atoms in total. The summed E-state index contributed by atoms with van der Waals surface area (Å²) in [5.41, 5.74) is 9.26. The summed E-state index contributed by atoms with van der Waals surface area (Å²) in [5, 5.41) is 6.01. The van der Waals surface area contributed by atoms with Gasteiger partial charge in [-0.2, -0.15) is 0 Å². The van der Waals surface area contributed by atoms with Crippen molar-refractivity contribution in [3.05, 3.63) is 132 Å². The normalized spacial score (nSPS) is 15.0. The molecule has 0 radical (unpaired) electrons. The Balaban J connectivity index is 1.39. The van der Waals surface area contributed by atoms with Gasteiger partial charge in [0.15, 0.2) is 0 Å². The van der Waals surface area contributed by atoms with Gasteiger partial charge >= 0.3 is 0 Å². The second kappa shape index (κ2) is 8.00. The lowest BCUT2D eigenvalue weighted by molar-refractivity contribution is 0.670. The van der Waals surface area contributed by atoms with Crippen molar-refractivity contribution in [2.24, 2.45) is 4.99 Å². The van der Waals surface area contributed by atoms with E-state index in [9.17, 15) is 0 Å². The van der Waals surface area contributed by atoms with Gasteiger partial charge in [-0.3, -0.25) is 0 Å². The molecular formula is C32H22N2O. The number of nitrogens with one attached hydrogen (secondary N) is 1. The highest BCUT2D eigenvalue weighted by atomic mass is 16.3. The molecule has 0 saturated heterocycles. The van der Waals surface area contributed by atoms with Gasteiger partial charge in [0.25, 0.3) is 0 Å². The molecule has 1 atom stereocenters. The molecule has 1 aromatic heterocycles. The Morgan fingerprint density at radius 1 is 0.629 bits per heavy atom. The summed E-state index contributed by atoms with van der Waals surface area (Å²) in [6.07, 6.45) is 0. The number of aliphatic imine (C=N–C) groups is 1. The molecule has 3 heteroatoms. The maximum atomic E-state index is 6.30. The molecule has 1 aliphatic rings. The van der Waals surface area contributed by atoms with Gasteiger partial charge in [-0.05, 0) is 34.9 Å². The fourth-order valence-electron chi connectivity index (χ4n) is 5.03. The summed E-state index contributed by atoms with van der Waals surface area (Å²) in [6.45, 7) is 0. The zero-order valence-electron chi connectivity index (χ0n) is 19.0. The Kier molecular flexibility index (Phi) is 4.52. The van der Waals surface area contributed by atoms with Crippen LogP contribution in [0.1, 0.15) is 17.2 Å². The van der Waals surface area contributed by atoms with Crippen molar-refractivity contribution >= 4 is 39.0 Å². The Morgan fingerprint density at radius 2 is 1.37 bits per heavy atom. The Morgan fingerprint density at radius 3 is 2.23 bits per heavy atom. The van der Waals surface area contributed by atoms with E-state index in [0.717, 1.165) is 55.7 Å². The average Bonchev–Trinajstić information content (AvgIpc) is 3.32. The molecule has 0 fully saturated rings. The van der Waals surface area contributed by atoms with Crippen molar-refractivity contribution in [2.45, 2.75) is 6.04 Å². The van der Waals surface area contributed by atoms with Gasteiger partial charge in [-0.1, -0.05) is 103 Å². The van der Waals surface area contributed by atoms with Crippen molar-refractivity contribution in [3.63, 3.8) is 0 Å². The highest BCUT2D eigenvalue weighted by molar-refractivity contribution is 6.11. The molecule has 0 amide bonds. The summed E-state index contributed by atoms with van der Waals surface area (Å²) >= 11 is 0. The molecule has 7 rings (SSSR count). The van der Waals surface area contributed by atoms with Crippen LogP contribution in [0, 0.1) is 0 Å². The van der Waals surface area contributed by atoms with E-state index >= 15 is 0 Å². The quantitative estimate of drug-likeness (QED) is 0.293. The Labute approximate surface area is 203 Å². The van der Waals surface area contributed by atoms with E-state index in [1.165, 1.54) is 5.56 Å². The van der Waals surface area contributed by atoms with Crippen LogP contribution < -0.4 is 5.32 Å². The molecule has 1 unspecified atom stereocenters. The van der Waals surface area contributed by atoms with Gasteiger partial charge in [0, 0.05) is 16.3 Å². The molecule has 5 aromatic carbocycles. The summed E-state index contributed by atoms with van der Waals surface area (Å²) in [6, 6.07) is 41.9. The smallest absolute Gasteiger partial charge is 0.143 e. The van der Waals surface area contributed by atoms with Crippen molar-refractivity contribution in [3.8, 4) is 11.1 Å². The van der Waals surface area contributed by atoms with E-state index in [-0.39, 0.29) is 6.04 Å². The number of hydrogen-bond donors (Lipinski definition) is 1. The molecule has 0 saturated carbocycles. The fraction of sp³-hybridized carbons (Fsp3) is 0.0312. The first-order chi connectivity index (χ1) is 17.3. The number of hydrogen-bond acceptors (Lipinski definition) is 3. The van der Waals surface area contributed by atoms with Crippen molar-refractivity contribution in [2.75, 3.05) is 5.32 Å². The third-order valence-electron chi connectivity index (χ3n) is 6.73. The molecule has 166 valence electrons. The zero-order chi connectivity index (χ0) is 23.2. The number of rotatable bonds is 3. The minimum Gasteiger partial charge on any atom is -0.455 e. The molecule has 0 bridgehead atoms. The lowest BCUT2D eigenvalue weighted by Crippen LogP contribution is -2.24. The number of benzene rings is 5. The van der Waals surface area contributed by atoms with Gasteiger partial charge in [0.2, 0.25) is 0 Å². The van der Waals surface area contributed by atoms with Crippen LogP contribution in [0.4, 0.5) is 11.4 Å². The van der Waals surface area contributed by atoms with Gasteiger partial charge in [-0.15, -0.1) is 0 Å². The second-order valence-electron chi connectivity index (χ2n) is 8.86. The highest BCUT2D eigenvalue weighted by Crippen LogP contribution is 2.41. The minimum atomic E-state index is -0.0178. The van der Waals surface area contributed by atoms with Crippen LogP contribution in [0.2, 0.25) is 0 Å². The van der Waals surface area contributed by atoms with Crippen LogP contribution in [-0.4, -0.2) is 5.71 Å². The van der Waals surface area contributed by atoms with Gasteiger partial charge in [0.1, 0.15) is 11.2 Å². The number of furan rings is 1. The molecule has 1 aliphatic heterocycles. The van der Waals surface area contributed by atoms with Crippen LogP contribution >= 0.6 is 0 Å². The van der Waals surface area contributed by atoms with Crippen LogP contribution in [-0.2, 0) is 0 Å². The second-order valence-corrected chi connectivity index (χ2v) is 8.86. The molecule has 1 N–H and O–H groups in total. The van der Waals surface area contributed by atoms with Crippen molar-refractivity contribution in [1.29, 1.82) is 0 Å². The summed E-state index contributed by atoms with van der Waals surface area (Å²) in [7, 11) is 0. The van der Waals surface area contributed by atoms with E-state index in [4.69, 9.17) is 9.41 Å². The first-order valence-electron chi connectivity index (χ1n) is 11.9. The van der Waals surface area contributed by atoms with E-state index in [2.05, 4.69) is 102 Å². The predicted octanol–water partition coefficient (Wildman–Crippen LogP) is 8.54. The molecular weight excluding hydrogens is 428 g/mol. The average molecular weight is 451 g/mol. The highest BCUT2D eigenvalue weighted by Gasteiger charge is 2.25. The lowest BCUT2D eigenvalue weighted by atomic mass is 9.93. The van der Waals surface area contributed by atoms with Crippen LogP contribution in [0.15, 0.2) is 131 Å². The fourth-order valence-corrected chi connectivity index (χ4v) is 5.03.